The molecule has 1 aromatic carbocycles. The molecule has 6 heteroatoms. The fourth-order valence-electron chi connectivity index (χ4n) is 2.69. The number of rotatable bonds is 5. The fraction of sp³-hybridized carbons (Fsp3) is 0.389. The Hall–Kier alpha value is -2.63. The minimum absolute atomic E-state index is 0.121. The van der Waals surface area contributed by atoms with Crippen LogP contribution in [0.2, 0.25) is 0 Å². The maximum absolute atomic E-state index is 12.4. The summed E-state index contributed by atoms with van der Waals surface area (Å²) < 4.78 is 8.43. The van der Waals surface area contributed by atoms with E-state index in [2.05, 4.69) is 5.32 Å². The second-order valence-electron chi connectivity index (χ2n) is 5.79. The molecule has 2 rings (SSSR count). The standard InChI is InChI=1S/C18H23N3O3/c1-6-24-18(23)15-10-14(4)21(20(15)5)11-16(22)19-17-12(2)8-7-9-13(17)3/h7-10H,6,11H2,1-5H3/p+1. The van der Waals surface area contributed by atoms with E-state index in [1.165, 1.54) is 0 Å². The Balaban J connectivity index is 2.19. The highest BCUT2D eigenvalue weighted by molar-refractivity contribution is 5.92. The number of aryl methyl sites for hydroxylation is 3. The van der Waals surface area contributed by atoms with E-state index in [1.807, 2.05) is 39.0 Å². The van der Waals surface area contributed by atoms with Crippen molar-refractivity contribution in [2.45, 2.75) is 34.2 Å². The molecule has 128 valence electrons. The lowest BCUT2D eigenvalue weighted by atomic mass is 10.1. The average molecular weight is 330 g/mol. The molecule has 0 spiro atoms. The maximum Gasteiger partial charge on any atom is 0.406 e. The molecule has 0 fully saturated rings. The van der Waals surface area contributed by atoms with Crippen molar-refractivity contribution in [1.82, 2.24) is 4.68 Å². The predicted molar refractivity (Wildman–Crippen MR) is 90.8 cm³/mol. The minimum Gasteiger partial charge on any atom is -0.458 e. The van der Waals surface area contributed by atoms with Gasteiger partial charge in [-0.25, -0.2) is 4.79 Å². The lowest BCUT2D eigenvalue weighted by molar-refractivity contribution is -0.754. The Morgan fingerprint density at radius 1 is 1.21 bits per heavy atom. The fourth-order valence-corrected chi connectivity index (χ4v) is 2.69. The van der Waals surface area contributed by atoms with Gasteiger partial charge >= 0.3 is 11.7 Å². The van der Waals surface area contributed by atoms with E-state index in [0.29, 0.717) is 12.3 Å². The molecule has 1 heterocycles. The summed E-state index contributed by atoms with van der Waals surface area (Å²) >= 11 is 0. The third kappa shape index (κ3) is 3.64. The van der Waals surface area contributed by atoms with Gasteiger partial charge in [0.1, 0.15) is 0 Å². The molecule has 0 unspecified atom stereocenters. The van der Waals surface area contributed by atoms with Gasteiger partial charge in [0.2, 0.25) is 5.91 Å². The van der Waals surface area contributed by atoms with Gasteiger partial charge in [0.15, 0.2) is 13.6 Å². The summed E-state index contributed by atoms with van der Waals surface area (Å²) in [5.41, 5.74) is 4.11. The number of hydrogen-bond donors (Lipinski definition) is 1. The van der Waals surface area contributed by atoms with E-state index >= 15 is 0 Å². The Bertz CT molecular complexity index is 758. The Labute approximate surface area is 142 Å². The van der Waals surface area contributed by atoms with Crippen LogP contribution in [0.25, 0.3) is 0 Å². The van der Waals surface area contributed by atoms with Gasteiger partial charge in [-0.05, 0) is 38.8 Å². The van der Waals surface area contributed by atoms with Gasteiger partial charge in [-0.1, -0.05) is 18.2 Å². The number of nitrogens with zero attached hydrogens (tertiary/aromatic N) is 2. The highest BCUT2D eigenvalue weighted by Crippen LogP contribution is 2.19. The lowest BCUT2D eigenvalue weighted by Crippen LogP contribution is -2.46. The van der Waals surface area contributed by atoms with E-state index in [0.717, 1.165) is 22.5 Å². The Kier molecular flexibility index (Phi) is 5.39. The van der Waals surface area contributed by atoms with Crippen molar-refractivity contribution in [2.75, 3.05) is 11.9 Å². The number of anilines is 1. The van der Waals surface area contributed by atoms with Crippen LogP contribution < -0.4 is 10.00 Å². The van der Waals surface area contributed by atoms with Gasteiger partial charge < -0.3 is 10.1 Å². The third-order valence-electron chi connectivity index (χ3n) is 3.99. The predicted octanol–water partition coefficient (Wildman–Crippen LogP) is 2.05. The summed E-state index contributed by atoms with van der Waals surface area (Å²) in [6, 6.07) is 7.61. The van der Waals surface area contributed by atoms with Gasteiger partial charge in [-0.2, -0.15) is 0 Å². The molecule has 24 heavy (non-hydrogen) atoms. The smallest absolute Gasteiger partial charge is 0.406 e. The molecule has 0 saturated carbocycles. The first kappa shape index (κ1) is 17.7. The highest BCUT2D eigenvalue weighted by Gasteiger charge is 2.26. The van der Waals surface area contributed by atoms with Crippen LogP contribution in [0.3, 0.4) is 0 Å². The molecule has 0 aliphatic rings. The van der Waals surface area contributed by atoms with Crippen LogP contribution in [-0.2, 0) is 23.1 Å². The summed E-state index contributed by atoms with van der Waals surface area (Å²) in [5.74, 6) is -0.533. The van der Waals surface area contributed by atoms with E-state index in [1.54, 1.807) is 29.4 Å². The molecule has 0 radical (unpaired) electrons. The molecule has 6 nitrogen and oxygen atoms in total. The van der Waals surface area contributed by atoms with Crippen molar-refractivity contribution in [2.24, 2.45) is 7.05 Å². The van der Waals surface area contributed by atoms with Crippen molar-refractivity contribution < 1.29 is 19.0 Å². The second kappa shape index (κ2) is 7.29. The topological polar surface area (TPSA) is 64.2 Å². The quantitative estimate of drug-likeness (QED) is 0.674. The number of nitrogens with one attached hydrogen (secondary N) is 1. The van der Waals surface area contributed by atoms with E-state index in [9.17, 15) is 9.59 Å². The van der Waals surface area contributed by atoms with Crippen LogP contribution in [0.5, 0.6) is 0 Å². The Morgan fingerprint density at radius 2 is 1.83 bits per heavy atom. The number of amides is 1. The van der Waals surface area contributed by atoms with Crippen molar-refractivity contribution in [3.05, 3.63) is 46.8 Å². The molecule has 0 saturated heterocycles. The largest absolute Gasteiger partial charge is 0.458 e. The second-order valence-corrected chi connectivity index (χ2v) is 5.79. The van der Waals surface area contributed by atoms with Gasteiger partial charge in [-0.3, -0.25) is 4.79 Å². The van der Waals surface area contributed by atoms with Crippen LogP contribution in [0.4, 0.5) is 5.69 Å². The number of aromatic nitrogens is 2. The molecule has 0 aliphatic heterocycles. The monoisotopic (exact) mass is 330 g/mol. The zero-order valence-corrected chi connectivity index (χ0v) is 14.8. The van der Waals surface area contributed by atoms with Crippen LogP contribution in [0.15, 0.2) is 24.3 Å². The zero-order chi connectivity index (χ0) is 17.9. The number of carbonyl (C=O) groups is 2. The van der Waals surface area contributed by atoms with Crippen molar-refractivity contribution in [3.63, 3.8) is 0 Å². The summed E-state index contributed by atoms with van der Waals surface area (Å²) in [6.07, 6.45) is 0. The molecule has 0 bridgehead atoms. The molecule has 0 aliphatic carbocycles. The molecule has 2 aromatic rings. The molecular weight excluding hydrogens is 306 g/mol. The number of carbonyl (C=O) groups excluding carboxylic acids is 2. The average Bonchev–Trinajstić information content (AvgIpc) is 2.79. The third-order valence-corrected chi connectivity index (χ3v) is 3.99. The van der Waals surface area contributed by atoms with Gasteiger partial charge in [0.25, 0.3) is 0 Å². The van der Waals surface area contributed by atoms with E-state index < -0.39 is 5.97 Å². The first-order valence-electron chi connectivity index (χ1n) is 7.94. The highest BCUT2D eigenvalue weighted by atomic mass is 16.5. The van der Waals surface area contributed by atoms with Crippen LogP contribution in [0, 0.1) is 20.8 Å². The first-order chi connectivity index (χ1) is 11.3. The van der Waals surface area contributed by atoms with Crippen LogP contribution in [0.1, 0.15) is 34.2 Å². The summed E-state index contributed by atoms with van der Waals surface area (Å²) in [7, 11) is 1.74. The van der Waals surface area contributed by atoms with Crippen molar-refractivity contribution >= 4 is 17.6 Å². The van der Waals surface area contributed by atoms with Crippen molar-refractivity contribution in [3.8, 4) is 0 Å². The van der Waals surface area contributed by atoms with Crippen molar-refractivity contribution in [1.29, 1.82) is 0 Å². The number of para-hydroxylation sites is 1. The first-order valence-corrected chi connectivity index (χ1v) is 7.94. The Morgan fingerprint density at radius 3 is 2.42 bits per heavy atom. The lowest BCUT2D eigenvalue weighted by Gasteiger charge is -2.11. The zero-order valence-electron chi connectivity index (χ0n) is 14.8. The summed E-state index contributed by atoms with van der Waals surface area (Å²) in [6.45, 7) is 7.98. The van der Waals surface area contributed by atoms with Gasteiger partial charge in [0, 0.05) is 11.8 Å². The van der Waals surface area contributed by atoms with Gasteiger partial charge in [-0.15, -0.1) is 9.36 Å². The number of benzene rings is 1. The summed E-state index contributed by atoms with van der Waals surface area (Å²) in [5, 5.41) is 2.96. The number of hydrogen-bond acceptors (Lipinski definition) is 3. The molecule has 1 N–H and O–H groups in total. The molecule has 0 atom stereocenters. The molecule has 1 aromatic heterocycles. The van der Waals surface area contributed by atoms with E-state index in [-0.39, 0.29) is 12.5 Å². The van der Waals surface area contributed by atoms with E-state index in [4.69, 9.17) is 4.74 Å². The van der Waals surface area contributed by atoms with Gasteiger partial charge in [0.05, 0.1) is 12.3 Å². The minimum atomic E-state index is -0.392. The van der Waals surface area contributed by atoms with Crippen LogP contribution >= 0.6 is 0 Å². The normalized spacial score (nSPS) is 10.5. The molecular formula is C18H24N3O3+. The number of ether oxygens (including phenoxy) is 1. The molecule has 1 amide bonds. The maximum atomic E-state index is 12.4. The SMILES string of the molecule is CCOC(=O)c1cc(C)n(CC(=O)Nc2c(C)cccc2C)[n+]1C. The number of esters is 1. The summed E-state index contributed by atoms with van der Waals surface area (Å²) in [4.78, 5) is 24.4. The van der Waals surface area contributed by atoms with Crippen LogP contribution in [-0.4, -0.2) is 23.2 Å².